The number of nitrogen functional groups attached to an aromatic ring is 1. The summed E-state index contributed by atoms with van der Waals surface area (Å²) in [6.45, 7) is 0. The molecular formula is C11H7BrCl2N2O. The highest BCUT2D eigenvalue weighted by Crippen LogP contribution is 2.33. The molecule has 2 rings (SSSR count). The lowest BCUT2D eigenvalue weighted by molar-refractivity contribution is 0.463. The summed E-state index contributed by atoms with van der Waals surface area (Å²) < 4.78 is 6.27. The van der Waals surface area contributed by atoms with Gasteiger partial charge in [-0.3, -0.25) is 0 Å². The van der Waals surface area contributed by atoms with Gasteiger partial charge in [-0.25, -0.2) is 4.98 Å². The van der Waals surface area contributed by atoms with E-state index in [4.69, 9.17) is 33.7 Å². The molecule has 0 bridgehead atoms. The average Bonchev–Trinajstić information content (AvgIpc) is 2.25. The van der Waals surface area contributed by atoms with E-state index in [0.717, 1.165) is 4.47 Å². The van der Waals surface area contributed by atoms with Crippen molar-refractivity contribution in [3.8, 4) is 11.6 Å². The topological polar surface area (TPSA) is 48.1 Å². The van der Waals surface area contributed by atoms with Gasteiger partial charge >= 0.3 is 0 Å². The average molecular weight is 334 g/mol. The van der Waals surface area contributed by atoms with Crippen molar-refractivity contribution in [2.45, 2.75) is 0 Å². The number of aromatic nitrogens is 1. The Balaban J connectivity index is 2.31. The van der Waals surface area contributed by atoms with Crippen molar-refractivity contribution in [2.24, 2.45) is 0 Å². The summed E-state index contributed by atoms with van der Waals surface area (Å²) in [7, 11) is 0. The maximum absolute atomic E-state index is 5.83. The Morgan fingerprint density at radius 2 is 1.94 bits per heavy atom. The minimum Gasteiger partial charge on any atom is -0.436 e. The van der Waals surface area contributed by atoms with Gasteiger partial charge < -0.3 is 10.5 Å². The second-order valence-electron chi connectivity index (χ2n) is 3.22. The summed E-state index contributed by atoms with van der Waals surface area (Å²) in [5.41, 5.74) is 6.11. The van der Waals surface area contributed by atoms with Gasteiger partial charge in [-0.2, -0.15) is 0 Å². The van der Waals surface area contributed by atoms with Gasteiger partial charge in [-0.1, -0.05) is 23.2 Å². The maximum Gasteiger partial charge on any atom is 0.242 e. The molecule has 1 heterocycles. The van der Waals surface area contributed by atoms with Crippen LogP contribution in [0.25, 0.3) is 0 Å². The molecule has 6 heteroatoms. The first-order valence-corrected chi connectivity index (χ1v) is 6.15. The molecule has 0 aliphatic heterocycles. The minimum atomic E-state index is 0.303. The summed E-state index contributed by atoms with van der Waals surface area (Å²) in [4.78, 5) is 4.00. The van der Waals surface area contributed by atoms with Crippen LogP contribution in [0.2, 0.25) is 10.0 Å². The number of pyridine rings is 1. The van der Waals surface area contributed by atoms with E-state index in [1.165, 1.54) is 6.20 Å². The predicted molar refractivity (Wildman–Crippen MR) is 72.9 cm³/mol. The molecule has 1 aromatic heterocycles. The summed E-state index contributed by atoms with van der Waals surface area (Å²) in [6, 6.07) is 6.74. The molecule has 0 saturated heterocycles. The number of nitrogens with zero attached hydrogens (tertiary/aromatic N) is 1. The number of rotatable bonds is 2. The second kappa shape index (κ2) is 5.12. The third-order valence-electron chi connectivity index (χ3n) is 1.95. The fourth-order valence-corrected chi connectivity index (χ4v) is 2.12. The molecule has 0 radical (unpaired) electrons. The lowest BCUT2D eigenvalue weighted by atomic mass is 10.3. The number of hydrogen-bond donors (Lipinski definition) is 1. The van der Waals surface area contributed by atoms with Crippen LogP contribution < -0.4 is 10.5 Å². The Morgan fingerprint density at radius 1 is 1.18 bits per heavy atom. The van der Waals surface area contributed by atoms with Crippen LogP contribution in [-0.2, 0) is 0 Å². The SMILES string of the molecule is Nc1cc(Cl)cnc1Oc1ccc(Cl)cc1Br. The van der Waals surface area contributed by atoms with Crippen LogP contribution in [0.3, 0.4) is 0 Å². The van der Waals surface area contributed by atoms with E-state index >= 15 is 0 Å². The van der Waals surface area contributed by atoms with Crippen LogP contribution in [0.4, 0.5) is 5.69 Å². The van der Waals surface area contributed by atoms with E-state index in [1.807, 2.05) is 0 Å². The standard InChI is InChI=1S/C11H7BrCl2N2O/c12-8-3-6(13)1-2-10(8)17-11-9(15)4-7(14)5-16-11/h1-5H,15H2. The maximum atomic E-state index is 5.83. The number of nitrogens with two attached hydrogens (primary N) is 1. The van der Waals surface area contributed by atoms with Crippen LogP contribution in [-0.4, -0.2) is 4.98 Å². The van der Waals surface area contributed by atoms with Crippen molar-refractivity contribution in [3.63, 3.8) is 0 Å². The zero-order chi connectivity index (χ0) is 12.4. The van der Waals surface area contributed by atoms with Gasteiger partial charge in [0.1, 0.15) is 5.75 Å². The summed E-state index contributed by atoms with van der Waals surface area (Å²) in [6.07, 6.45) is 1.47. The van der Waals surface area contributed by atoms with Crippen molar-refractivity contribution in [2.75, 3.05) is 5.73 Å². The largest absolute Gasteiger partial charge is 0.436 e. The molecule has 0 spiro atoms. The van der Waals surface area contributed by atoms with Gasteiger partial charge in [0.2, 0.25) is 5.88 Å². The molecule has 0 aliphatic rings. The lowest BCUT2D eigenvalue weighted by Gasteiger charge is -2.09. The van der Waals surface area contributed by atoms with Crippen LogP contribution in [0.1, 0.15) is 0 Å². The fourth-order valence-electron chi connectivity index (χ4n) is 1.19. The molecule has 3 nitrogen and oxygen atoms in total. The van der Waals surface area contributed by atoms with Gasteiger partial charge in [0.15, 0.2) is 0 Å². The molecule has 88 valence electrons. The van der Waals surface area contributed by atoms with E-state index in [1.54, 1.807) is 24.3 Å². The Bertz CT molecular complexity index is 514. The monoisotopic (exact) mass is 332 g/mol. The molecule has 0 amide bonds. The van der Waals surface area contributed by atoms with Gasteiger partial charge in [0, 0.05) is 11.2 Å². The van der Waals surface area contributed by atoms with Crippen LogP contribution >= 0.6 is 39.1 Å². The first-order chi connectivity index (χ1) is 8.06. The summed E-state index contributed by atoms with van der Waals surface area (Å²) >= 11 is 14.9. The van der Waals surface area contributed by atoms with Crippen molar-refractivity contribution >= 4 is 44.8 Å². The van der Waals surface area contributed by atoms with E-state index in [9.17, 15) is 0 Å². The minimum absolute atomic E-state index is 0.303. The van der Waals surface area contributed by atoms with Crippen molar-refractivity contribution in [1.29, 1.82) is 0 Å². The Labute approximate surface area is 117 Å². The molecule has 0 saturated carbocycles. The highest BCUT2D eigenvalue weighted by molar-refractivity contribution is 9.10. The molecule has 1 aromatic carbocycles. The molecule has 0 aliphatic carbocycles. The fraction of sp³-hybridized carbons (Fsp3) is 0. The Morgan fingerprint density at radius 3 is 2.59 bits per heavy atom. The highest BCUT2D eigenvalue weighted by atomic mass is 79.9. The number of halogens is 3. The van der Waals surface area contributed by atoms with Crippen molar-refractivity contribution in [1.82, 2.24) is 4.98 Å². The second-order valence-corrected chi connectivity index (χ2v) is 4.95. The van der Waals surface area contributed by atoms with Crippen molar-refractivity contribution < 1.29 is 4.74 Å². The van der Waals surface area contributed by atoms with E-state index in [0.29, 0.717) is 27.4 Å². The zero-order valence-corrected chi connectivity index (χ0v) is 11.6. The number of ether oxygens (including phenoxy) is 1. The number of benzene rings is 1. The third-order valence-corrected chi connectivity index (χ3v) is 3.01. The smallest absolute Gasteiger partial charge is 0.242 e. The van der Waals surface area contributed by atoms with Gasteiger partial charge in [0.25, 0.3) is 0 Å². The molecule has 2 N–H and O–H groups in total. The van der Waals surface area contributed by atoms with Crippen LogP contribution in [0.5, 0.6) is 11.6 Å². The molecule has 17 heavy (non-hydrogen) atoms. The van der Waals surface area contributed by atoms with E-state index in [-0.39, 0.29) is 0 Å². The summed E-state index contributed by atoms with van der Waals surface area (Å²) in [5.74, 6) is 0.883. The number of hydrogen-bond acceptors (Lipinski definition) is 3. The van der Waals surface area contributed by atoms with Crippen LogP contribution in [0.15, 0.2) is 34.9 Å². The molecule has 0 atom stereocenters. The van der Waals surface area contributed by atoms with E-state index in [2.05, 4.69) is 20.9 Å². The summed E-state index contributed by atoms with van der Waals surface area (Å²) in [5, 5.41) is 1.08. The molecule has 0 fully saturated rings. The van der Waals surface area contributed by atoms with E-state index < -0.39 is 0 Å². The molecular weight excluding hydrogens is 327 g/mol. The van der Waals surface area contributed by atoms with Crippen molar-refractivity contribution in [3.05, 3.63) is 45.0 Å². The quantitative estimate of drug-likeness (QED) is 0.878. The molecule has 0 unspecified atom stereocenters. The zero-order valence-electron chi connectivity index (χ0n) is 8.45. The first-order valence-electron chi connectivity index (χ1n) is 4.60. The van der Waals surface area contributed by atoms with Crippen LogP contribution in [0, 0.1) is 0 Å². The Kier molecular flexibility index (Phi) is 3.76. The normalized spacial score (nSPS) is 10.3. The molecule has 2 aromatic rings. The van der Waals surface area contributed by atoms with Gasteiger partial charge in [-0.15, -0.1) is 0 Å². The van der Waals surface area contributed by atoms with Gasteiger partial charge in [-0.05, 0) is 40.2 Å². The highest BCUT2D eigenvalue weighted by Gasteiger charge is 2.07. The van der Waals surface area contributed by atoms with Gasteiger partial charge in [0.05, 0.1) is 15.2 Å². The number of anilines is 1. The Hall–Kier alpha value is -0.970. The third kappa shape index (κ3) is 3.03. The predicted octanol–water partition coefficient (Wildman–Crippen LogP) is 4.53. The first kappa shape index (κ1) is 12.5. The lowest BCUT2D eigenvalue weighted by Crippen LogP contribution is -1.95.